The number of hydrogen-bond acceptors (Lipinski definition) is 1. The van der Waals surface area contributed by atoms with Gasteiger partial charge in [0.25, 0.3) is 0 Å². The Morgan fingerprint density at radius 1 is 1.50 bits per heavy atom. The van der Waals surface area contributed by atoms with E-state index in [1.807, 2.05) is 25.1 Å². The van der Waals surface area contributed by atoms with Crippen molar-refractivity contribution in [2.75, 3.05) is 0 Å². The predicted molar refractivity (Wildman–Crippen MR) is 52.8 cm³/mol. The summed E-state index contributed by atoms with van der Waals surface area (Å²) in [5, 5.41) is 0. The molecule has 1 aromatic carbocycles. The molecule has 0 spiro atoms. The monoisotopic (exact) mass is 243 g/mol. The van der Waals surface area contributed by atoms with E-state index in [4.69, 9.17) is 0 Å². The van der Waals surface area contributed by atoms with E-state index in [1.165, 1.54) is 0 Å². The molecule has 2 rings (SSSR count). The first kappa shape index (κ1) is 8.13. The van der Waals surface area contributed by atoms with Gasteiger partial charge in [-0.2, -0.15) is 4.40 Å². The molecule has 1 aromatic rings. The second-order valence-electron chi connectivity index (χ2n) is 2.57. The first-order chi connectivity index (χ1) is 5.68. The van der Waals surface area contributed by atoms with Crippen LogP contribution in [0, 0.1) is 0 Å². The van der Waals surface area contributed by atoms with Crippen LogP contribution in [0.3, 0.4) is 0 Å². The Balaban J connectivity index is 2.68. The highest BCUT2D eigenvalue weighted by Crippen LogP contribution is 2.25. The van der Waals surface area contributed by atoms with Crippen LogP contribution in [0.15, 0.2) is 32.0 Å². The van der Waals surface area contributed by atoms with Gasteiger partial charge in [0.15, 0.2) is 11.0 Å². The van der Waals surface area contributed by atoms with Gasteiger partial charge in [-0.15, -0.1) is 0 Å². The zero-order chi connectivity index (χ0) is 8.72. The molecule has 0 amide bonds. The van der Waals surface area contributed by atoms with Gasteiger partial charge in [0.05, 0.1) is 10.6 Å². The third-order valence-corrected chi connectivity index (χ3v) is 3.39. The van der Waals surface area contributed by atoms with Crippen molar-refractivity contribution in [3.63, 3.8) is 0 Å². The minimum atomic E-state index is -1.18. The van der Waals surface area contributed by atoms with Crippen LogP contribution in [0.1, 0.15) is 12.5 Å². The standard InChI is InChI=1S/C8H6BrNOS/c1-5-7-3-2-6(9)4-8(7)12(11)10-5/h2-4H,1H3. The van der Waals surface area contributed by atoms with E-state index in [2.05, 4.69) is 20.3 Å². The lowest BCUT2D eigenvalue weighted by molar-refractivity contribution is 0.685. The largest absolute Gasteiger partial charge is 0.229 e. The summed E-state index contributed by atoms with van der Waals surface area (Å²) in [6.45, 7) is 1.87. The van der Waals surface area contributed by atoms with Crippen molar-refractivity contribution in [2.24, 2.45) is 4.40 Å². The second-order valence-corrected chi connectivity index (χ2v) is 4.60. The molecule has 1 atom stereocenters. The Kier molecular flexibility index (Phi) is 1.88. The fraction of sp³-hybridized carbons (Fsp3) is 0.125. The average molecular weight is 244 g/mol. The minimum absolute atomic E-state index is 0.807. The van der Waals surface area contributed by atoms with Crippen molar-refractivity contribution in [2.45, 2.75) is 11.8 Å². The maximum absolute atomic E-state index is 11.3. The lowest BCUT2D eigenvalue weighted by Crippen LogP contribution is -1.90. The summed E-state index contributed by atoms with van der Waals surface area (Å²) in [6, 6.07) is 5.72. The number of halogens is 1. The Bertz CT molecular complexity index is 400. The maximum Gasteiger partial charge on any atom is 0.173 e. The molecule has 2 nitrogen and oxygen atoms in total. The lowest BCUT2D eigenvalue weighted by Gasteiger charge is -1.96. The summed E-state index contributed by atoms with van der Waals surface area (Å²) in [7, 11) is -1.18. The van der Waals surface area contributed by atoms with Crippen molar-refractivity contribution in [3.8, 4) is 0 Å². The smallest absolute Gasteiger partial charge is 0.173 e. The molecule has 1 heterocycles. The fourth-order valence-electron chi connectivity index (χ4n) is 1.16. The van der Waals surface area contributed by atoms with Crippen molar-refractivity contribution in [3.05, 3.63) is 28.2 Å². The highest BCUT2D eigenvalue weighted by atomic mass is 79.9. The van der Waals surface area contributed by atoms with Gasteiger partial charge in [-0.25, -0.2) is 4.21 Å². The van der Waals surface area contributed by atoms with Crippen molar-refractivity contribution >= 4 is 32.6 Å². The van der Waals surface area contributed by atoms with Crippen LogP contribution in [0.5, 0.6) is 0 Å². The minimum Gasteiger partial charge on any atom is -0.229 e. The summed E-state index contributed by atoms with van der Waals surface area (Å²) in [4.78, 5) is 0.807. The molecule has 1 unspecified atom stereocenters. The molecule has 62 valence electrons. The van der Waals surface area contributed by atoms with Gasteiger partial charge in [-0.3, -0.25) is 0 Å². The quantitative estimate of drug-likeness (QED) is 0.688. The molecule has 0 N–H and O–H groups in total. The first-order valence-electron chi connectivity index (χ1n) is 3.45. The van der Waals surface area contributed by atoms with E-state index >= 15 is 0 Å². The Labute approximate surface area is 81.4 Å². The number of hydrogen-bond donors (Lipinski definition) is 0. The van der Waals surface area contributed by atoms with Crippen LogP contribution >= 0.6 is 15.9 Å². The molecule has 0 saturated carbocycles. The molecule has 0 bridgehead atoms. The van der Waals surface area contributed by atoms with E-state index in [0.717, 1.165) is 20.6 Å². The van der Waals surface area contributed by atoms with Gasteiger partial charge in [-0.05, 0) is 19.1 Å². The highest BCUT2D eigenvalue weighted by Gasteiger charge is 2.18. The zero-order valence-electron chi connectivity index (χ0n) is 6.37. The second kappa shape index (κ2) is 2.78. The van der Waals surface area contributed by atoms with Crippen LogP contribution in [0.4, 0.5) is 0 Å². The average Bonchev–Trinajstić information content (AvgIpc) is 2.28. The van der Waals surface area contributed by atoms with Gasteiger partial charge >= 0.3 is 0 Å². The molecule has 0 radical (unpaired) electrons. The molecule has 1 aliphatic heterocycles. The van der Waals surface area contributed by atoms with E-state index in [9.17, 15) is 4.21 Å². The molecule has 0 aliphatic carbocycles. The van der Waals surface area contributed by atoms with E-state index in [0.29, 0.717) is 0 Å². The summed E-state index contributed by atoms with van der Waals surface area (Å²) in [5.41, 5.74) is 1.85. The highest BCUT2D eigenvalue weighted by molar-refractivity contribution is 9.10. The number of rotatable bonds is 0. The van der Waals surface area contributed by atoms with Gasteiger partial charge in [0, 0.05) is 10.0 Å². The first-order valence-corrected chi connectivity index (χ1v) is 5.35. The molecule has 0 fully saturated rings. The summed E-state index contributed by atoms with van der Waals surface area (Å²) < 4.78 is 16.2. The fourth-order valence-corrected chi connectivity index (χ4v) is 2.75. The van der Waals surface area contributed by atoms with Crippen LogP contribution in [0.25, 0.3) is 0 Å². The van der Waals surface area contributed by atoms with E-state index in [1.54, 1.807) is 0 Å². The summed E-state index contributed by atoms with van der Waals surface area (Å²) in [5.74, 6) is 0. The molecule has 12 heavy (non-hydrogen) atoms. The zero-order valence-corrected chi connectivity index (χ0v) is 8.78. The summed E-state index contributed by atoms with van der Waals surface area (Å²) in [6.07, 6.45) is 0. The predicted octanol–water partition coefficient (Wildman–Crippen LogP) is 2.29. The molecule has 0 saturated heterocycles. The number of benzene rings is 1. The molecular formula is C8H6BrNOS. The number of nitrogens with zero attached hydrogens (tertiary/aromatic N) is 1. The topological polar surface area (TPSA) is 29.4 Å². The van der Waals surface area contributed by atoms with Gasteiger partial charge in [-0.1, -0.05) is 22.0 Å². The Morgan fingerprint density at radius 3 is 3.00 bits per heavy atom. The van der Waals surface area contributed by atoms with Crippen molar-refractivity contribution < 1.29 is 4.21 Å². The van der Waals surface area contributed by atoms with Crippen LogP contribution in [0.2, 0.25) is 0 Å². The van der Waals surface area contributed by atoms with E-state index in [-0.39, 0.29) is 0 Å². The van der Waals surface area contributed by atoms with Crippen LogP contribution in [-0.2, 0) is 11.0 Å². The van der Waals surface area contributed by atoms with E-state index < -0.39 is 11.0 Å². The van der Waals surface area contributed by atoms with Crippen LogP contribution in [-0.4, -0.2) is 9.92 Å². The number of fused-ring (bicyclic) bond motifs is 1. The molecule has 1 aliphatic rings. The lowest BCUT2D eigenvalue weighted by atomic mass is 10.1. The molecule has 4 heteroatoms. The Hall–Kier alpha value is -0.480. The van der Waals surface area contributed by atoms with Crippen LogP contribution < -0.4 is 0 Å². The third-order valence-electron chi connectivity index (χ3n) is 1.74. The molecule has 0 aromatic heterocycles. The van der Waals surface area contributed by atoms with Gasteiger partial charge in [0.2, 0.25) is 0 Å². The third kappa shape index (κ3) is 1.15. The summed E-state index contributed by atoms with van der Waals surface area (Å²) >= 11 is 3.33. The molecular weight excluding hydrogens is 238 g/mol. The van der Waals surface area contributed by atoms with Gasteiger partial charge < -0.3 is 0 Å². The van der Waals surface area contributed by atoms with Crippen molar-refractivity contribution in [1.82, 2.24) is 0 Å². The Morgan fingerprint density at radius 2 is 2.25 bits per heavy atom. The SMILES string of the molecule is CC1=NS(=O)c2cc(Br)ccc21. The van der Waals surface area contributed by atoms with Gasteiger partial charge in [0.1, 0.15) is 0 Å². The normalized spacial score (nSPS) is 20.5. The van der Waals surface area contributed by atoms with Crippen molar-refractivity contribution in [1.29, 1.82) is 0 Å². The maximum atomic E-state index is 11.3.